The van der Waals surface area contributed by atoms with Gasteiger partial charge < -0.3 is 49.1 Å². The lowest BCUT2D eigenvalue weighted by atomic mass is 9.94. The summed E-state index contributed by atoms with van der Waals surface area (Å²) in [5, 5.41) is 35.4. The van der Waals surface area contributed by atoms with Gasteiger partial charge in [-0.15, -0.1) is 0 Å². The molecule has 19 heteroatoms. The third-order valence-corrected chi connectivity index (χ3v) is 5.47. The molecule has 0 spiro atoms. The second-order valence-electron chi connectivity index (χ2n) is 11.4. The van der Waals surface area contributed by atoms with E-state index in [9.17, 15) is 44.1 Å². The van der Waals surface area contributed by atoms with Crippen LogP contribution in [0.3, 0.4) is 0 Å². The number of methoxy groups -OCH3 is 1. The number of nitrogens with zero attached hydrogens (tertiary/aromatic N) is 1. The van der Waals surface area contributed by atoms with Gasteiger partial charge in [-0.3, -0.25) is 20.2 Å². The van der Waals surface area contributed by atoms with Crippen LogP contribution in [0.5, 0.6) is 0 Å². The summed E-state index contributed by atoms with van der Waals surface area (Å²) in [6.45, 7) is 6.96. The van der Waals surface area contributed by atoms with E-state index in [-0.39, 0.29) is 0 Å². The van der Waals surface area contributed by atoms with Crippen molar-refractivity contribution in [3.63, 3.8) is 0 Å². The maximum atomic E-state index is 12.5. The number of guanidine groups is 1. The fraction of sp³-hybridized carbons (Fsp3) is 0.654. The molecule has 0 saturated heterocycles. The van der Waals surface area contributed by atoms with Crippen molar-refractivity contribution in [1.29, 1.82) is 0 Å². The number of aliphatic hydroxyl groups is 2. The summed E-state index contributed by atoms with van der Waals surface area (Å²) in [6, 6.07) is -2.76. The molecule has 0 unspecified atom stereocenters. The van der Waals surface area contributed by atoms with E-state index in [1.54, 1.807) is 41.5 Å². The van der Waals surface area contributed by atoms with Crippen molar-refractivity contribution in [3.8, 4) is 0 Å². The van der Waals surface area contributed by atoms with Gasteiger partial charge in [0, 0.05) is 6.42 Å². The monoisotopic (exact) mass is 648 g/mol. The maximum Gasteiger partial charge on any atom is 0.416 e. The first-order valence-corrected chi connectivity index (χ1v) is 13.3. The highest BCUT2D eigenvalue weighted by atomic mass is 16.7. The minimum atomic E-state index is -1.57. The first kappa shape index (κ1) is 38.4. The molecule has 1 aliphatic rings. The SMILES string of the molecule is COC(=O)N[C@@H]1[C@H](N=C(NC(=O)OCOC(=O)C(C)(C)C)NC(=O)OCOC(=O)C(C)(C)C)C=C(C(=O)O)O[C@@H]1C[C@H](O)CO. The van der Waals surface area contributed by atoms with Crippen molar-refractivity contribution < 1.29 is 72.5 Å². The predicted octanol–water partition coefficient (Wildman–Crippen LogP) is 0.0922. The minimum absolute atomic E-state index is 0.402. The average molecular weight is 649 g/mol. The van der Waals surface area contributed by atoms with E-state index < -0.39 is 110 Å². The standard InChI is InChI=1S/C26H40N4O15/c1-25(2,3)19(35)41-11-43-23(38)29-21(30-24(39)44-12-42-20(36)26(4,5)6)27-14-9-16(18(33)34)45-15(8-13(32)10-31)17(14)28-22(37)40-7/h9,13-15,17,31-32H,8,10-12H2,1-7H3,(H,28,37)(H,33,34)(H2,27,29,30,38,39)/t13-,14+,15+,17+/m0/s1. The molecule has 3 amide bonds. The van der Waals surface area contributed by atoms with Gasteiger partial charge in [-0.2, -0.15) is 0 Å². The zero-order valence-corrected chi connectivity index (χ0v) is 25.9. The van der Waals surface area contributed by atoms with Gasteiger partial charge in [0.15, 0.2) is 0 Å². The van der Waals surface area contributed by atoms with Crippen LogP contribution in [0.4, 0.5) is 14.4 Å². The number of hydrogen-bond donors (Lipinski definition) is 6. The van der Waals surface area contributed by atoms with Crippen LogP contribution >= 0.6 is 0 Å². The Morgan fingerprint density at radius 2 is 1.38 bits per heavy atom. The molecule has 0 bridgehead atoms. The lowest BCUT2D eigenvalue weighted by molar-refractivity contribution is -0.162. The van der Waals surface area contributed by atoms with E-state index in [1.807, 2.05) is 0 Å². The molecule has 0 aliphatic carbocycles. The Kier molecular flexibility index (Phi) is 14.5. The number of rotatable bonds is 10. The van der Waals surface area contributed by atoms with Crippen LogP contribution in [0.1, 0.15) is 48.0 Å². The molecule has 0 aromatic carbocycles. The fourth-order valence-corrected chi connectivity index (χ4v) is 3.12. The van der Waals surface area contributed by atoms with Gasteiger partial charge in [0.25, 0.3) is 0 Å². The molecule has 0 aromatic rings. The van der Waals surface area contributed by atoms with Crippen LogP contribution in [-0.2, 0) is 42.8 Å². The van der Waals surface area contributed by atoms with Crippen molar-refractivity contribution >= 4 is 42.1 Å². The quantitative estimate of drug-likeness (QED) is 0.0602. The number of carbonyl (C=O) groups excluding carboxylic acids is 5. The van der Waals surface area contributed by atoms with E-state index in [2.05, 4.69) is 25.7 Å². The first-order chi connectivity index (χ1) is 20.8. The third kappa shape index (κ3) is 13.7. The molecule has 4 atom stereocenters. The van der Waals surface area contributed by atoms with Crippen LogP contribution in [-0.4, -0.2) is 109 Å². The minimum Gasteiger partial charge on any atom is -0.481 e. The summed E-state index contributed by atoms with van der Waals surface area (Å²) in [5.41, 5.74) is -1.82. The van der Waals surface area contributed by atoms with Gasteiger partial charge in [-0.25, -0.2) is 24.2 Å². The Morgan fingerprint density at radius 1 is 0.889 bits per heavy atom. The van der Waals surface area contributed by atoms with Crippen molar-refractivity contribution in [3.05, 3.63) is 11.8 Å². The topological polar surface area (TPSA) is 267 Å². The molecule has 1 heterocycles. The smallest absolute Gasteiger partial charge is 0.416 e. The van der Waals surface area contributed by atoms with E-state index in [4.69, 9.17) is 23.7 Å². The fourth-order valence-electron chi connectivity index (χ4n) is 3.12. The number of aliphatic hydroxyl groups excluding tert-OH is 2. The number of alkyl carbamates (subject to hydrolysis) is 3. The normalized spacial score (nSPS) is 18.4. The lowest BCUT2D eigenvalue weighted by Gasteiger charge is -2.36. The van der Waals surface area contributed by atoms with Crippen molar-refractivity contribution in [2.45, 2.75) is 72.3 Å². The van der Waals surface area contributed by atoms with E-state index in [0.29, 0.717) is 0 Å². The second-order valence-corrected chi connectivity index (χ2v) is 11.4. The van der Waals surface area contributed by atoms with Crippen LogP contribution < -0.4 is 16.0 Å². The number of esters is 2. The number of ether oxygens (including phenoxy) is 6. The number of amides is 3. The molecule has 19 nitrogen and oxygen atoms in total. The first-order valence-electron chi connectivity index (χ1n) is 13.3. The van der Waals surface area contributed by atoms with Gasteiger partial charge in [-0.05, 0) is 47.6 Å². The second kappa shape index (κ2) is 17.0. The zero-order chi connectivity index (χ0) is 34.5. The van der Waals surface area contributed by atoms with E-state index in [0.717, 1.165) is 13.2 Å². The molecule has 0 saturated carbocycles. The molecule has 1 rings (SSSR count). The van der Waals surface area contributed by atoms with Crippen LogP contribution in [0.2, 0.25) is 0 Å². The van der Waals surface area contributed by atoms with E-state index >= 15 is 0 Å². The number of carboxylic acids is 1. The molecular formula is C26H40N4O15. The molecule has 1 aliphatic heterocycles. The number of carboxylic acid groups (broad SMARTS) is 1. The predicted molar refractivity (Wildman–Crippen MR) is 149 cm³/mol. The van der Waals surface area contributed by atoms with Crippen LogP contribution in [0.25, 0.3) is 0 Å². The summed E-state index contributed by atoms with van der Waals surface area (Å²) in [6.07, 6.45) is -5.88. The number of carbonyl (C=O) groups is 6. The summed E-state index contributed by atoms with van der Waals surface area (Å²) in [4.78, 5) is 76.9. The molecular weight excluding hydrogens is 608 g/mol. The van der Waals surface area contributed by atoms with Crippen molar-refractivity contribution in [1.82, 2.24) is 16.0 Å². The number of aliphatic carboxylic acids is 1. The van der Waals surface area contributed by atoms with Crippen LogP contribution in [0, 0.1) is 10.8 Å². The van der Waals surface area contributed by atoms with Gasteiger partial charge in [0.05, 0.1) is 42.7 Å². The number of nitrogens with one attached hydrogen (secondary N) is 3. The molecule has 0 aromatic heterocycles. The summed E-state index contributed by atoms with van der Waals surface area (Å²) in [7, 11) is 1.03. The van der Waals surface area contributed by atoms with Gasteiger partial charge in [-0.1, -0.05) is 0 Å². The molecule has 6 N–H and O–H groups in total. The molecule has 0 fully saturated rings. The van der Waals surface area contributed by atoms with Crippen molar-refractivity contribution in [2.75, 3.05) is 27.3 Å². The number of hydrogen-bond acceptors (Lipinski definition) is 15. The molecule has 0 radical (unpaired) electrons. The Hall–Kier alpha value is -4.65. The average Bonchev–Trinajstić information content (AvgIpc) is 2.92. The summed E-state index contributed by atoms with van der Waals surface area (Å²) in [5.74, 6) is -4.39. The summed E-state index contributed by atoms with van der Waals surface area (Å²) < 4.78 is 29.3. The van der Waals surface area contributed by atoms with E-state index in [1.165, 1.54) is 0 Å². The van der Waals surface area contributed by atoms with Gasteiger partial charge in [0.2, 0.25) is 25.3 Å². The number of aliphatic imine (C=N–C) groups is 1. The molecule has 254 valence electrons. The van der Waals surface area contributed by atoms with Gasteiger partial charge in [0.1, 0.15) is 6.10 Å². The van der Waals surface area contributed by atoms with Crippen molar-refractivity contribution in [2.24, 2.45) is 15.8 Å². The Balaban J connectivity index is 3.38. The Morgan fingerprint density at radius 3 is 1.78 bits per heavy atom. The third-order valence-electron chi connectivity index (χ3n) is 5.47. The largest absolute Gasteiger partial charge is 0.481 e. The highest BCUT2D eigenvalue weighted by Gasteiger charge is 2.40. The highest BCUT2D eigenvalue weighted by Crippen LogP contribution is 2.25. The van der Waals surface area contributed by atoms with Crippen LogP contribution in [0.15, 0.2) is 16.8 Å². The maximum absolute atomic E-state index is 12.5. The molecule has 45 heavy (non-hydrogen) atoms. The Labute approximate surface area is 258 Å². The van der Waals surface area contributed by atoms with Gasteiger partial charge >= 0.3 is 36.2 Å². The lowest BCUT2D eigenvalue weighted by Crippen LogP contribution is -2.55. The summed E-state index contributed by atoms with van der Waals surface area (Å²) >= 11 is 0. The Bertz CT molecular complexity index is 1110. The zero-order valence-electron chi connectivity index (χ0n) is 25.9. The highest BCUT2D eigenvalue weighted by molar-refractivity contribution is 6.01.